The van der Waals surface area contributed by atoms with Crippen LogP contribution in [0.3, 0.4) is 0 Å². The van der Waals surface area contributed by atoms with Crippen LogP contribution in [-0.2, 0) is 0 Å². The van der Waals surface area contributed by atoms with Crippen molar-refractivity contribution in [1.29, 1.82) is 0 Å². The molecule has 4 heteroatoms. The molecule has 0 bridgehead atoms. The average molecular weight is 275 g/mol. The fourth-order valence-electron chi connectivity index (χ4n) is 4.08. The maximum Gasteiger partial charge on any atom is 0.225 e. The Kier molecular flexibility index (Phi) is 3.44. The molecule has 0 aromatic carbocycles. The van der Waals surface area contributed by atoms with Crippen LogP contribution < -0.4 is 4.90 Å². The summed E-state index contributed by atoms with van der Waals surface area (Å²) in [4.78, 5) is 11.4. The molecule has 2 fully saturated rings. The van der Waals surface area contributed by atoms with E-state index in [4.69, 9.17) is 0 Å². The first-order valence-corrected chi connectivity index (χ1v) is 7.81. The van der Waals surface area contributed by atoms with Gasteiger partial charge in [0.25, 0.3) is 0 Å². The molecule has 1 saturated heterocycles. The number of aliphatic hydroxyl groups is 1. The molecule has 3 rings (SSSR count). The lowest BCUT2D eigenvalue weighted by Gasteiger charge is -2.40. The summed E-state index contributed by atoms with van der Waals surface area (Å²) in [5.41, 5.74) is 1.57. The topological polar surface area (TPSA) is 49.2 Å². The minimum Gasteiger partial charge on any atom is -0.390 e. The molecule has 1 aliphatic carbocycles. The molecule has 2 aliphatic rings. The fourth-order valence-corrected chi connectivity index (χ4v) is 4.08. The first-order chi connectivity index (χ1) is 9.51. The second-order valence-electron chi connectivity index (χ2n) is 6.57. The lowest BCUT2D eigenvalue weighted by Crippen LogP contribution is -2.44. The lowest BCUT2D eigenvalue weighted by molar-refractivity contribution is -0.0597. The molecule has 110 valence electrons. The van der Waals surface area contributed by atoms with Gasteiger partial charge < -0.3 is 10.0 Å². The number of hydrogen-bond acceptors (Lipinski definition) is 4. The van der Waals surface area contributed by atoms with E-state index in [0.717, 1.165) is 49.7 Å². The van der Waals surface area contributed by atoms with Crippen LogP contribution in [0.25, 0.3) is 0 Å². The molecule has 1 aliphatic heterocycles. The Morgan fingerprint density at radius 3 is 2.65 bits per heavy atom. The average Bonchev–Trinajstić information content (AvgIpc) is 2.83. The molecule has 2 heterocycles. The number of aromatic nitrogens is 2. The van der Waals surface area contributed by atoms with Gasteiger partial charge >= 0.3 is 0 Å². The third kappa shape index (κ3) is 2.30. The van der Waals surface area contributed by atoms with Gasteiger partial charge in [0.1, 0.15) is 0 Å². The van der Waals surface area contributed by atoms with Crippen LogP contribution in [0.2, 0.25) is 0 Å². The van der Waals surface area contributed by atoms with Crippen molar-refractivity contribution >= 4 is 5.95 Å². The summed E-state index contributed by atoms with van der Waals surface area (Å²) >= 11 is 0. The number of hydrogen-bond donors (Lipinski definition) is 1. The van der Waals surface area contributed by atoms with Crippen LogP contribution in [0.1, 0.15) is 44.0 Å². The summed E-state index contributed by atoms with van der Waals surface area (Å²) in [5, 5.41) is 10.9. The fraction of sp³-hybridized carbons (Fsp3) is 0.750. The SMILES string of the molecule is CC[C@@]1(O)CCC[C@@H]2CN(c3nc(C)cc(C)n3)C[C@@H]21. The Morgan fingerprint density at radius 1 is 1.30 bits per heavy atom. The highest BCUT2D eigenvalue weighted by Gasteiger charge is 2.48. The quantitative estimate of drug-likeness (QED) is 0.901. The molecule has 0 spiro atoms. The van der Waals surface area contributed by atoms with Crippen LogP contribution in [0, 0.1) is 25.7 Å². The first-order valence-electron chi connectivity index (χ1n) is 7.81. The van der Waals surface area contributed by atoms with Crippen LogP contribution in [-0.4, -0.2) is 33.8 Å². The second-order valence-corrected chi connectivity index (χ2v) is 6.57. The van der Waals surface area contributed by atoms with E-state index in [1.165, 1.54) is 6.42 Å². The van der Waals surface area contributed by atoms with Crippen molar-refractivity contribution in [2.24, 2.45) is 11.8 Å². The summed E-state index contributed by atoms with van der Waals surface area (Å²) in [6.45, 7) is 8.04. The largest absolute Gasteiger partial charge is 0.390 e. The first kappa shape index (κ1) is 13.8. The number of nitrogens with zero attached hydrogens (tertiary/aromatic N) is 3. The molecule has 1 saturated carbocycles. The van der Waals surface area contributed by atoms with Crippen molar-refractivity contribution in [3.63, 3.8) is 0 Å². The highest BCUT2D eigenvalue weighted by Crippen LogP contribution is 2.44. The molecule has 4 nitrogen and oxygen atoms in total. The van der Waals surface area contributed by atoms with Crippen molar-refractivity contribution in [2.75, 3.05) is 18.0 Å². The zero-order valence-electron chi connectivity index (χ0n) is 12.8. The maximum atomic E-state index is 10.9. The van der Waals surface area contributed by atoms with Crippen LogP contribution in [0.4, 0.5) is 5.95 Å². The van der Waals surface area contributed by atoms with Gasteiger partial charge in [0.05, 0.1) is 5.60 Å². The Morgan fingerprint density at radius 2 is 2.00 bits per heavy atom. The van der Waals surface area contributed by atoms with Gasteiger partial charge in [-0.05, 0) is 45.1 Å². The highest BCUT2D eigenvalue weighted by molar-refractivity contribution is 5.35. The molecule has 20 heavy (non-hydrogen) atoms. The van der Waals surface area contributed by atoms with Gasteiger partial charge in [-0.3, -0.25) is 0 Å². The van der Waals surface area contributed by atoms with E-state index < -0.39 is 5.60 Å². The Labute approximate surface area is 121 Å². The van der Waals surface area contributed by atoms with Gasteiger partial charge in [0.15, 0.2) is 0 Å². The van der Waals surface area contributed by atoms with E-state index in [1.54, 1.807) is 0 Å². The Hall–Kier alpha value is -1.16. The summed E-state index contributed by atoms with van der Waals surface area (Å²) < 4.78 is 0. The molecule has 0 unspecified atom stereocenters. The summed E-state index contributed by atoms with van der Waals surface area (Å²) in [6, 6.07) is 2.01. The van der Waals surface area contributed by atoms with Crippen molar-refractivity contribution in [3.8, 4) is 0 Å². The van der Waals surface area contributed by atoms with Crippen LogP contribution in [0.15, 0.2) is 6.07 Å². The molecule has 0 radical (unpaired) electrons. The molecule has 1 N–H and O–H groups in total. The molecule has 0 amide bonds. The number of anilines is 1. The van der Waals surface area contributed by atoms with Gasteiger partial charge in [-0.1, -0.05) is 13.3 Å². The van der Waals surface area contributed by atoms with Gasteiger partial charge in [0, 0.05) is 30.4 Å². The molecular formula is C16H25N3O. The van der Waals surface area contributed by atoms with Crippen molar-refractivity contribution in [2.45, 2.75) is 52.1 Å². The van der Waals surface area contributed by atoms with Gasteiger partial charge in [-0.2, -0.15) is 0 Å². The normalized spacial score (nSPS) is 33.3. The molecule has 3 atom stereocenters. The van der Waals surface area contributed by atoms with Crippen molar-refractivity contribution in [1.82, 2.24) is 9.97 Å². The van der Waals surface area contributed by atoms with Gasteiger partial charge in [-0.15, -0.1) is 0 Å². The van der Waals surface area contributed by atoms with E-state index in [9.17, 15) is 5.11 Å². The van der Waals surface area contributed by atoms with Gasteiger partial charge in [0.2, 0.25) is 5.95 Å². The minimum absolute atomic E-state index is 0.380. The van der Waals surface area contributed by atoms with Crippen molar-refractivity contribution in [3.05, 3.63) is 17.5 Å². The predicted molar refractivity (Wildman–Crippen MR) is 79.8 cm³/mol. The molecule has 1 aromatic heterocycles. The summed E-state index contributed by atoms with van der Waals surface area (Å²) in [5.74, 6) is 1.82. The standard InChI is InChI=1S/C16H25N3O/c1-4-16(20)7-5-6-13-9-19(10-14(13)16)15-17-11(2)8-12(3)18-15/h8,13-14,20H,4-7,9-10H2,1-3H3/t13-,14+,16-/m1/s1. The molecular weight excluding hydrogens is 250 g/mol. The van der Waals surface area contributed by atoms with Crippen LogP contribution >= 0.6 is 0 Å². The smallest absolute Gasteiger partial charge is 0.225 e. The van der Waals surface area contributed by atoms with E-state index in [-0.39, 0.29) is 0 Å². The third-order valence-electron chi connectivity index (χ3n) is 5.18. The van der Waals surface area contributed by atoms with E-state index in [1.807, 2.05) is 19.9 Å². The zero-order chi connectivity index (χ0) is 14.3. The highest BCUT2D eigenvalue weighted by atomic mass is 16.3. The third-order valence-corrected chi connectivity index (χ3v) is 5.18. The predicted octanol–water partition coefficient (Wildman–Crippen LogP) is 2.47. The maximum absolute atomic E-state index is 10.9. The summed E-state index contributed by atoms with van der Waals surface area (Å²) in [7, 11) is 0. The monoisotopic (exact) mass is 275 g/mol. The van der Waals surface area contributed by atoms with E-state index in [2.05, 4.69) is 21.8 Å². The second kappa shape index (κ2) is 4.99. The van der Waals surface area contributed by atoms with Crippen molar-refractivity contribution < 1.29 is 5.11 Å². The molecule has 1 aromatic rings. The van der Waals surface area contributed by atoms with E-state index in [0.29, 0.717) is 11.8 Å². The number of fused-ring (bicyclic) bond motifs is 1. The number of aryl methyl sites for hydroxylation is 2. The van der Waals surface area contributed by atoms with E-state index >= 15 is 0 Å². The number of rotatable bonds is 2. The Balaban J connectivity index is 1.85. The van der Waals surface area contributed by atoms with Crippen LogP contribution in [0.5, 0.6) is 0 Å². The van der Waals surface area contributed by atoms with Gasteiger partial charge in [-0.25, -0.2) is 9.97 Å². The minimum atomic E-state index is -0.476. The Bertz CT molecular complexity index is 484. The summed E-state index contributed by atoms with van der Waals surface area (Å²) in [6.07, 6.45) is 4.18. The zero-order valence-corrected chi connectivity index (χ0v) is 12.8. The lowest BCUT2D eigenvalue weighted by atomic mass is 9.69.